The molecule has 1 aliphatic heterocycles. The van der Waals surface area contributed by atoms with Crippen LogP contribution in [-0.2, 0) is 6.42 Å². The Morgan fingerprint density at radius 1 is 0.872 bits per heavy atom. The van der Waals surface area contributed by atoms with Crippen LogP contribution >= 0.6 is 0 Å². The van der Waals surface area contributed by atoms with Crippen LogP contribution in [0.2, 0.25) is 0 Å². The van der Waals surface area contributed by atoms with Gasteiger partial charge in [-0.15, -0.1) is 0 Å². The summed E-state index contributed by atoms with van der Waals surface area (Å²) >= 11 is 0. The van der Waals surface area contributed by atoms with Gasteiger partial charge >= 0.3 is 0 Å². The maximum atomic E-state index is 13.7. The lowest BCUT2D eigenvalue weighted by Gasteiger charge is -2.24. The number of amides is 1. The summed E-state index contributed by atoms with van der Waals surface area (Å²) in [5.74, 6) is 1.88. The summed E-state index contributed by atoms with van der Waals surface area (Å²) in [5, 5.41) is 7.99. The Hall–Kier alpha value is -4.26. The van der Waals surface area contributed by atoms with Crippen LogP contribution in [0.25, 0.3) is 27.5 Å². The molecule has 0 aliphatic carbocycles. The summed E-state index contributed by atoms with van der Waals surface area (Å²) in [6.07, 6.45) is 3.83. The number of unbranched alkanes of at least 4 members (excludes halogenated alkanes) is 1. The Morgan fingerprint density at radius 2 is 1.67 bits per heavy atom. The van der Waals surface area contributed by atoms with Gasteiger partial charge in [0.25, 0.3) is 5.91 Å². The topological polar surface area (TPSA) is 67.2 Å². The van der Waals surface area contributed by atoms with E-state index in [0.717, 1.165) is 89.2 Å². The predicted molar refractivity (Wildman–Crippen MR) is 157 cm³/mol. The molecule has 0 radical (unpaired) electrons. The average molecular weight is 519 g/mol. The van der Waals surface area contributed by atoms with E-state index in [1.807, 2.05) is 65.0 Å². The van der Waals surface area contributed by atoms with E-state index in [1.54, 1.807) is 0 Å². The van der Waals surface area contributed by atoms with Gasteiger partial charge in [0.15, 0.2) is 5.65 Å². The number of para-hydroxylation sites is 1. The largest absolute Gasteiger partial charge is 0.354 e. The molecular weight excluding hydrogens is 484 g/mol. The van der Waals surface area contributed by atoms with Crippen molar-refractivity contribution in [2.75, 3.05) is 31.1 Å². The predicted octanol–water partition coefficient (Wildman–Crippen LogP) is 5.97. The number of aromatic nitrogens is 4. The van der Waals surface area contributed by atoms with E-state index >= 15 is 0 Å². The first-order valence-electron chi connectivity index (χ1n) is 14.0. The van der Waals surface area contributed by atoms with Crippen molar-refractivity contribution in [1.29, 1.82) is 0 Å². The van der Waals surface area contributed by atoms with Crippen molar-refractivity contribution in [1.82, 2.24) is 24.6 Å². The maximum absolute atomic E-state index is 13.7. The van der Waals surface area contributed by atoms with E-state index < -0.39 is 0 Å². The minimum Gasteiger partial charge on any atom is -0.354 e. The van der Waals surface area contributed by atoms with Gasteiger partial charge in [0, 0.05) is 38.2 Å². The number of carbonyl (C=O) groups excluding carboxylic acids is 1. The van der Waals surface area contributed by atoms with Crippen molar-refractivity contribution >= 4 is 33.5 Å². The number of aryl methyl sites for hydroxylation is 2. The summed E-state index contributed by atoms with van der Waals surface area (Å²) in [4.78, 5) is 28.1. The second-order valence-electron chi connectivity index (χ2n) is 10.3. The van der Waals surface area contributed by atoms with Gasteiger partial charge in [0.1, 0.15) is 11.6 Å². The third-order valence-corrected chi connectivity index (χ3v) is 7.59. The molecule has 1 fully saturated rings. The lowest BCUT2D eigenvalue weighted by atomic mass is 10.0. The zero-order valence-electron chi connectivity index (χ0n) is 22.7. The fourth-order valence-electron chi connectivity index (χ4n) is 5.54. The Bertz CT molecular complexity index is 1620. The van der Waals surface area contributed by atoms with E-state index in [1.165, 1.54) is 0 Å². The molecule has 0 unspecified atom stereocenters. The van der Waals surface area contributed by atoms with E-state index in [-0.39, 0.29) is 5.91 Å². The second-order valence-corrected chi connectivity index (χ2v) is 10.3. The number of nitrogens with zero attached hydrogens (tertiary/aromatic N) is 6. The van der Waals surface area contributed by atoms with Crippen LogP contribution in [0.3, 0.4) is 0 Å². The van der Waals surface area contributed by atoms with Crippen LogP contribution in [0.5, 0.6) is 0 Å². The smallest absolute Gasteiger partial charge is 0.254 e. The van der Waals surface area contributed by atoms with Crippen molar-refractivity contribution in [3.8, 4) is 5.69 Å². The Balaban J connectivity index is 1.34. The molecule has 0 bridgehead atoms. The zero-order valence-corrected chi connectivity index (χ0v) is 22.7. The zero-order chi connectivity index (χ0) is 26.8. The number of benzene rings is 3. The quantitative estimate of drug-likeness (QED) is 0.277. The van der Waals surface area contributed by atoms with Gasteiger partial charge in [-0.25, -0.2) is 14.6 Å². The molecule has 7 heteroatoms. The van der Waals surface area contributed by atoms with Crippen LogP contribution in [-0.4, -0.2) is 56.7 Å². The van der Waals surface area contributed by atoms with E-state index in [0.29, 0.717) is 13.1 Å². The molecule has 2 aromatic heterocycles. The summed E-state index contributed by atoms with van der Waals surface area (Å²) < 4.78 is 1.94. The minimum absolute atomic E-state index is 0.0956. The van der Waals surface area contributed by atoms with E-state index in [2.05, 4.69) is 36.1 Å². The molecule has 0 atom stereocenters. The monoisotopic (exact) mass is 518 g/mol. The molecule has 7 nitrogen and oxygen atoms in total. The molecule has 0 N–H and O–H groups in total. The highest BCUT2D eigenvalue weighted by Crippen LogP contribution is 2.30. The van der Waals surface area contributed by atoms with Crippen molar-refractivity contribution in [2.24, 2.45) is 0 Å². The van der Waals surface area contributed by atoms with Crippen molar-refractivity contribution in [3.63, 3.8) is 0 Å². The van der Waals surface area contributed by atoms with Gasteiger partial charge in [-0.05, 0) is 48.7 Å². The number of hydrogen-bond acceptors (Lipinski definition) is 5. The van der Waals surface area contributed by atoms with Crippen LogP contribution in [0.15, 0.2) is 72.8 Å². The fraction of sp³-hybridized carbons (Fsp3) is 0.312. The first kappa shape index (κ1) is 25.0. The van der Waals surface area contributed by atoms with Gasteiger partial charge in [0.2, 0.25) is 0 Å². The van der Waals surface area contributed by atoms with E-state index in [4.69, 9.17) is 15.1 Å². The van der Waals surface area contributed by atoms with Gasteiger partial charge < -0.3 is 9.80 Å². The van der Waals surface area contributed by atoms with Crippen LogP contribution in [0.1, 0.15) is 48.1 Å². The maximum Gasteiger partial charge on any atom is 0.254 e. The first-order chi connectivity index (χ1) is 19.1. The van der Waals surface area contributed by atoms with Crippen LogP contribution in [0.4, 0.5) is 5.82 Å². The lowest BCUT2D eigenvalue weighted by Crippen LogP contribution is -2.35. The van der Waals surface area contributed by atoms with Crippen LogP contribution in [0, 0.1) is 6.92 Å². The SMILES string of the molecule is CCCCc1nc(N2CCCN(C(=O)c3cccc4ccccc34)CC2)c2c(C)nn(-c3ccccc3)c2n1. The van der Waals surface area contributed by atoms with Crippen molar-refractivity contribution in [2.45, 2.75) is 39.5 Å². The van der Waals surface area contributed by atoms with Gasteiger partial charge in [-0.3, -0.25) is 4.79 Å². The standard InChI is InChI=1S/C32H34N6O/c1-3-4-18-28-33-30(29-23(2)35-38(31(29)34-28)25-14-6-5-7-15-25)36-19-11-20-37(22-21-36)32(39)27-17-10-13-24-12-8-9-16-26(24)27/h5-10,12-17H,3-4,11,18-22H2,1-2H3. The lowest BCUT2D eigenvalue weighted by molar-refractivity contribution is 0.0769. The summed E-state index contributed by atoms with van der Waals surface area (Å²) in [5.41, 5.74) is 3.53. The molecule has 1 amide bonds. The van der Waals surface area contributed by atoms with E-state index in [9.17, 15) is 4.79 Å². The molecule has 3 aromatic carbocycles. The number of anilines is 1. The number of rotatable bonds is 6. The summed E-state index contributed by atoms with van der Waals surface area (Å²) in [7, 11) is 0. The Labute approximate surface area is 229 Å². The Kier molecular flexibility index (Phi) is 6.97. The minimum atomic E-state index is 0.0956. The first-order valence-corrected chi connectivity index (χ1v) is 14.0. The Morgan fingerprint density at radius 3 is 2.51 bits per heavy atom. The molecular formula is C32H34N6O. The molecule has 1 saturated heterocycles. The van der Waals surface area contributed by atoms with Crippen molar-refractivity contribution < 1.29 is 4.79 Å². The highest BCUT2D eigenvalue weighted by molar-refractivity contribution is 6.07. The van der Waals surface area contributed by atoms with Crippen molar-refractivity contribution in [3.05, 3.63) is 89.9 Å². The summed E-state index contributed by atoms with van der Waals surface area (Å²) in [6, 6.07) is 24.3. The fourth-order valence-corrected chi connectivity index (χ4v) is 5.54. The molecule has 6 rings (SSSR count). The number of fused-ring (bicyclic) bond motifs is 2. The number of carbonyl (C=O) groups is 1. The number of hydrogen-bond donors (Lipinski definition) is 0. The van der Waals surface area contributed by atoms with Gasteiger partial charge in [-0.2, -0.15) is 5.10 Å². The highest BCUT2D eigenvalue weighted by Gasteiger charge is 2.26. The molecule has 1 aliphatic rings. The summed E-state index contributed by atoms with van der Waals surface area (Å²) in [6.45, 7) is 7.13. The molecule has 39 heavy (non-hydrogen) atoms. The average Bonchev–Trinajstić information content (AvgIpc) is 3.14. The highest BCUT2D eigenvalue weighted by atomic mass is 16.2. The van der Waals surface area contributed by atoms with Gasteiger partial charge in [0.05, 0.1) is 16.8 Å². The normalized spacial score (nSPS) is 14.2. The third kappa shape index (κ3) is 4.85. The van der Waals surface area contributed by atoms with Gasteiger partial charge in [-0.1, -0.05) is 67.9 Å². The molecule has 0 saturated carbocycles. The molecule has 198 valence electrons. The third-order valence-electron chi connectivity index (χ3n) is 7.59. The molecule has 5 aromatic rings. The molecule has 3 heterocycles. The molecule has 0 spiro atoms. The second kappa shape index (κ2) is 10.8. The van der Waals surface area contributed by atoms with Crippen LogP contribution < -0.4 is 4.90 Å².